The minimum Gasteiger partial charge on any atom is -0.478 e. The number of benzene rings is 2. The summed E-state index contributed by atoms with van der Waals surface area (Å²) in [4.78, 5) is 37.2. The molecule has 0 bridgehead atoms. The van der Waals surface area contributed by atoms with E-state index in [1.54, 1.807) is 24.3 Å². The molecule has 1 N–H and O–H groups in total. The van der Waals surface area contributed by atoms with E-state index in [-0.39, 0.29) is 27.6 Å². The van der Waals surface area contributed by atoms with E-state index in [0.29, 0.717) is 28.8 Å². The van der Waals surface area contributed by atoms with Gasteiger partial charge in [0.15, 0.2) is 0 Å². The van der Waals surface area contributed by atoms with E-state index in [9.17, 15) is 18.8 Å². The fourth-order valence-corrected chi connectivity index (χ4v) is 4.04. The van der Waals surface area contributed by atoms with Crippen LogP contribution in [0.2, 0.25) is 5.02 Å². The zero-order valence-corrected chi connectivity index (χ0v) is 17.2. The lowest BCUT2D eigenvalue weighted by Gasteiger charge is -2.14. The molecule has 31 heavy (non-hydrogen) atoms. The zero-order chi connectivity index (χ0) is 22.1. The zero-order valence-electron chi connectivity index (χ0n) is 15.7. The molecule has 0 aliphatic carbocycles. The molecule has 1 aliphatic heterocycles. The maximum Gasteiger partial charge on any atom is 0.335 e. The Hall–Kier alpha value is -3.36. The second-order valence-electron chi connectivity index (χ2n) is 6.56. The van der Waals surface area contributed by atoms with Gasteiger partial charge in [-0.15, -0.1) is 0 Å². The lowest BCUT2D eigenvalue weighted by molar-refractivity contribution is -0.123. The van der Waals surface area contributed by atoms with Crippen molar-refractivity contribution in [2.75, 3.05) is 0 Å². The van der Waals surface area contributed by atoms with Gasteiger partial charge in [0, 0.05) is 22.2 Å². The van der Waals surface area contributed by atoms with Crippen molar-refractivity contribution >= 4 is 46.6 Å². The first kappa shape index (κ1) is 20.9. The maximum atomic E-state index is 14.0. The molecule has 2 amide bonds. The number of hydrogen-bond donors (Lipinski definition) is 1. The Bertz CT molecular complexity index is 1230. The number of imide groups is 1. The molecule has 1 saturated heterocycles. The van der Waals surface area contributed by atoms with Crippen molar-refractivity contribution in [1.82, 2.24) is 4.90 Å². The third-order valence-corrected chi connectivity index (χ3v) is 5.81. The summed E-state index contributed by atoms with van der Waals surface area (Å²) in [5.41, 5.74) is 0.733. The summed E-state index contributed by atoms with van der Waals surface area (Å²) in [5, 5.41) is 8.70. The van der Waals surface area contributed by atoms with Gasteiger partial charge in [-0.2, -0.15) is 0 Å². The van der Waals surface area contributed by atoms with Crippen molar-refractivity contribution in [2.24, 2.45) is 0 Å². The first-order valence-corrected chi connectivity index (χ1v) is 10.1. The van der Waals surface area contributed by atoms with E-state index in [2.05, 4.69) is 0 Å². The van der Waals surface area contributed by atoms with Crippen molar-refractivity contribution < 1.29 is 28.3 Å². The monoisotopic (exact) mass is 457 g/mol. The molecule has 156 valence electrons. The van der Waals surface area contributed by atoms with Gasteiger partial charge < -0.3 is 9.52 Å². The van der Waals surface area contributed by atoms with Crippen LogP contribution in [0.1, 0.15) is 21.7 Å². The first-order chi connectivity index (χ1) is 14.8. The summed E-state index contributed by atoms with van der Waals surface area (Å²) in [5.74, 6) is -1.52. The lowest BCUT2D eigenvalue weighted by atomic mass is 10.1. The highest BCUT2D eigenvalue weighted by atomic mass is 35.5. The third kappa shape index (κ3) is 4.26. The van der Waals surface area contributed by atoms with Crippen molar-refractivity contribution in [1.29, 1.82) is 0 Å². The number of nitrogens with zero attached hydrogens (tertiary/aromatic N) is 1. The van der Waals surface area contributed by atoms with Gasteiger partial charge in [0.1, 0.15) is 17.3 Å². The lowest BCUT2D eigenvalue weighted by Crippen LogP contribution is -2.28. The summed E-state index contributed by atoms with van der Waals surface area (Å²) >= 11 is 6.71. The Balaban J connectivity index is 1.56. The molecular formula is C22H13ClFNO5S. The average molecular weight is 458 g/mol. The van der Waals surface area contributed by atoms with E-state index in [0.717, 1.165) is 4.90 Å². The third-order valence-electron chi connectivity index (χ3n) is 4.55. The second kappa shape index (κ2) is 8.41. The number of halogens is 2. The van der Waals surface area contributed by atoms with Gasteiger partial charge in [0.25, 0.3) is 11.1 Å². The summed E-state index contributed by atoms with van der Waals surface area (Å²) in [6.45, 7) is -0.279. The molecule has 0 unspecified atom stereocenters. The fraction of sp³-hybridized carbons (Fsp3) is 0.0455. The van der Waals surface area contributed by atoms with Gasteiger partial charge in [-0.3, -0.25) is 14.5 Å². The van der Waals surface area contributed by atoms with Crippen LogP contribution in [0.15, 0.2) is 63.9 Å². The van der Waals surface area contributed by atoms with Crippen LogP contribution >= 0.6 is 23.4 Å². The van der Waals surface area contributed by atoms with Crippen molar-refractivity contribution in [2.45, 2.75) is 6.54 Å². The second-order valence-corrected chi connectivity index (χ2v) is 7.96. The van der Waals surface area contributed by atoms with Gasteiger partial charge in [0.05, 0.1) is 17.0 Å². The molecule has 4 rings (SSSR count). The fourth-order valence-electron chi connectivity index (χ4n) is 3.00. The largest absolute Gasteiger partial charge is 0.478 e. The Kier molecular flexibility index (Phi) is 5.67. The van der Waals surface area contributed by atoms with Crippen molar-refractivity contribution in [3.05, 3.63) is 87.2 Å². The van der Waals surface area contributed by atoms with Crippen LogP contribution < -0.4 is 0 Å². The Morgan fingerprint density at radius 3 is 2.68 bits per heavy atom. The van der Waals surface area contributed by atoms with Crippen LogP contribution in [0.4, 0.5) is 9.18 Å². The quantitative estimate of drug-likeness (QED) is 0.496. The molecule has 1 fully saturated rings. The molecule has 1 aromatic heterocycles. The number of thioether (sulfide) groups is 1. The van der Waals surface area contributed by atoms with Crippen molar-refractivity contribution in [3.8, 4) is 11.3 Å². The Morgan fingerprint density at radius 2 is 1.94 bits per heavy atom. The molecular weight excluding hydrogens is 445 g/mol. The highest BCUT2D eigenvalue weighted by molar-refractivity contribution is 8.18. The normalized spacial score (nSPS) is 15.2. The molecule has 1 aliphatic rings. The molecule has 3 aromatic rings. The summed E-state index contributed by atoms with van der Waals surface area (Å²) in [6, 6.07) is 13.6. The number of rotatable bonds is 5. The smallest absolute Gasteiger partial charge is 0.335 e. The van der Waals surface area contributed by atoms with E-state index in [4.69, 9.17) is 21.1 Å². The van der Waals surface area contributed by atoms with Gasteiger partial charge in [-0.05, 0) is 48.2 Å². The predicted octanol–water partition coefficient (Wildman–Crippen LogP) is 5.67. The molecule has 0 radical (unpaired) electrons. The summed E-state index contributed by atoms with van der Waals surface area (Å²) < 4.78 is 19.7. The molecule has 0 spiro atoms. The van der Waals surface area contributed by atoms with Crippen molar-refractivity contribution in [3.63, 3.8) is 0 Å². The van der Waals surface area contributed by atoms with E-state index in [1.165, 1.54) is 36.4 Å². The Morgan fingerprint density at radius 1 is 1.16 bits per heavy atom. The number of carboxylic acid groups (broad SMARTS) is 1. The average Bonchev–Trinajstić information content (AvgIpc) is 3.31. The van der Waals surface area contributed by atoms with Crippen LogP contribution in [-0.4, -0.2) is 27.1 Å². The van der Waals surface area contributed by atoms with Crippen LogP contribution in [-0.2, 0) is 11.3 Å². The molecule has 2 heterocycles. The predicted molar refractivity (Wildman–Crippen MR) is 114 cm³/mol. The van der Waals surface area contributed by atoms with E-state index < -0.39 is 22.9 Å². The number of hydrogen-bond acceptors (Lipinski definition) is 5. The highest BCUT2D eigenvalue weighted by Gasteiger charge is 2.36. The Labute approximate surface area is 184 Å². The SMILES string of the molecule is O=C(O)c1cccc(-c2ccc(/C=C3/SC(=O)N(Cc4c(F)cccc4Cl)C3=O)o2)c1. The highest BCUT2D eigenvalue weighted by Crippen LogP contribution is 2.35. The van der Waals surface area contributed by atoms with Gasteiger partial charge in [0.2, 0.25) is 0 Å². The number of amides is 2. The van der Waals surface area contributed by atoms with Crippen LogP contribution in [0, 0.1) is 5.82 Å². The van der Waals surface area contributed by atoms with Gasteiger partial charge in [-0.25, -0.2) is 9.18 Å². The van der Waals surface area contributed by atoms with Gasteiger partial charge >= 0.3 is 5.97 Å². The van der Waals surface area contributed by atoms with Gasteiger partial charge in [-0.1, -0.05) is 29.8 Å². The van der Waals surface area contributed by atoms with E-state index >= 15 is 0 Å². The summed E-state index contributed by atoms with van der Waals surface area (Å²) in [6.07, 6.45) is 1.42. The standard InChI is InChI=1S/C22H13ClFNO5S/c23-16-5-2-6-17(24)15(16)11-25-20(26)19(31-22(25)29)10-14-7-8-18(30-14)12-3-1-4-13(9-12)21(27)28/h1-10H,11H2,(H,27,28)/b19-10+. The molecule has 0 saturated carbocycles. The number of carboxylic acids is 1. The summed E-state index contributed by atoms with van der Waals surface area (Å²) in [7, 11) is 0. The first-order valence-electron chi connectivity index (χ1n) is 8.95. The van der Waals surface area contributed by atoms with E-state index in [1.807, 2.05) is 0 Å². The number of carbonyl (C=O) groups excluding carboxylic acids is 2. The molecule has 0 atom stereocenters. The molecule has 6 nitrogen and oxygen atoms in total. The van der Waals surface area contributed by atoms with Crippen LogP contribution in [0.25, 0.3) is 17.4 Å². The van der Waals surface area contributed by atoms with Crippen LogP contribution in [0.5, 0.6) is 0 Å². The number of aromatic carboxylic acids is 1. The molecule has 2 aromatic carbocycles. The number of carbonyl (C=O) groups is 3. The topological polar surface area (TPSA) is 87.8 Å². The maximum absolute atomic E-state index is 14.0. The number of furan rings is 1. The minimum atomic E-state index is -1.06. The van der Waals surface area contributed by atoms with Crippen LogP contribution in [0.3, 0.4) is 0 Å². The molecule has 9 heteroatoms. The minimum absolute atomic E-state index is 0.0614.